The molecule has 3 heterocycles. The summed E-state index contributed by atoms with van der Waals surface area (Å²) in [5, 5.41) is 31.1. The summed E-state index contributed by atoms with van der Waals surface area (Å²) in [6.07, 6.45) is 1.66. The van der Waals surface area contributed by atoms with Crippen molar-refractivity contribution in [3.63, 3.8) is 0 Å². The van der Waals surface area contributed by atoms with Crippen molar-refractivity contribution in [2.45, 2.75) is 43.5 Å². The highest BCUT2D eigenvalue weighted by atomic mass is 16.5. The Balaban J connectivity index is 1.21. The lowest BCUT2D eigenvalue weighted by atomic mass is 9.81. The second-order valence-electron chi connectivity index (χ2n) is 8.80. The Labute approximate surface area is 181 Å². The lowest BCUT2D eigenvalue weighted by Gasteiger charge is -2.46. The van der Waals surface area contributed by atoms with Crippen LogP contribution in [0.3, 0.4) is 0 Å². The van der Waals surface area contributed by atoms with E-state index >= 15 is 0 Å². The number of ether oxygens (including phenoxy) is 3. The van der Waals surface area contributed by atoms with Crippen LogP contribution in [0.25, 0.3) is 0 Å². The highest BCUT2D eigenvalue weighted by molar-refractivity contribution is 5.44. The fourth-order valence-electron chi connectivity index (χ4n) is 4.81. The fourth-order valence-corrected chi connectivity index (χ4v) is 4.81. The minimum Gasteiger partial charge on any atom is -0.508 e. The largest absolute Gasteiger partial charge is 0.508 e. The van der Waals surface area contributed by atoms with Crippen LogP contribution in [0.4, 0.5) is 0 Å². The number of nitrogens with zero attached hydrogens (tertiary/aromatic N) is 1. The summed E-state index contributed by atoms with van der Waals surface area (Å²) in [5.74, 6) is 2.21. The Kier molecular flexibility index (Phi) is 5.42. The van der Waals surface area contributed by atoms with Gasteiger partial charge in [-0.2, -0.15) is 0 Å². The topological polar surface area (TPSA) is 91.6 Å². The van der Waals surface area contributed by atoms with Gasteiger partial charge in [0.15, 0.2) is 11.5 Å². The Morgan fingerprint density at radius 3 is 2.55 bits per heavy atom. The molecule has 1 spiro atoms. The molecule has 3 aliphatic heterocycles. The van der Waals surface area contributed by atoms with Crippen molar-refractivity contribution in [2.24, 2.45) is 0 Å². The first-order valence-corrected chi connectivity index (χ1v) is 11.0. The number of fused-ring (bicyclic) bond motifs is 2. The summed E-state index contributed by atoms with van der Waals surface area (Å²) in [6.45, 7) is 3.36. The third kappa shape index (κ3) is 4.18. The van der Waals surface area contributed by atoms with E-state index in [9.17, 15) is 15.3 Å². The molecule has 1 fully saturated rings. The number of hydrogen-bond donors (Lipinski definition) is 3. The van der Waals surface area contributed by atoms with Crippen molar-refractivity contribution in [1.82, 2.24) is 4.90 Å². The lowest BCUT2D eigenvalue weighted by Crippen LogP contribution is -2.51. The van der Waals surface area contributed by atoms with Gasteiger partial charge in [-0.1, -0.05) is 6.07 Å². The highest BCUT2D eigenvalue weighted by Gasteiger charge is 2.43. The second-order valence-corrected chi connectivity index (χ2v) is 8.80. The molecule has 0 bridgehead atoms. The van der Waals surface area contributed by atoms with E-state index in [4.69, 9.17) is 14.2 Å². The van der Waals surface area contributed by atoms with Gasteiger partial charge in [0, 0.05) is 38.0 Å². The molecular formula is C24H29NO6. The Bertz CT molecular complexity index is 940. The first-order valence-electron chi connectivity index (χ1n) is 11.0. The van der Waals surface area contributed by atoms with Crippen LogP contribution in [0.1, 0.15) is 49.0 Å². The van der Waals surface area contributed by atoms with Crippen molar-refractivity contribution in [3.8, 4) is 23.0 Å². The van der Waals surface area contributed by atoms with Crippen LogP contribution in [-0.2, 0) is 0 Å². The molecule has 2 aromatic rings. The molecule has 31 heavy (non-hydrogen) atoms. The van der Waals surface area contributed by atoms with Crippen LogP contribution in [0, 0.1) is 0 Å². The van der Waals surface area contributed by atoms with Gasteiger partial charge in [0.2, 0.25) is 0 Å². The van der Waals surface area contributed by atoms with E-state index in [2.05, 4.69) is 4.90 Å². The molecule has 3 aliphatic rings. The molecule has 0 unspecified atom stereocenters. The number of rotatable bonds is 3. The van der Waals surface area contributed by atoms with Crippen molar-refractivity contribution in [3.05, 3.63) is 47.5 Å². The molecule has 2 aromatic carbocycles. The predicted molar refractivity (Wildman–Crippen MR) is 114 cm³/mol. The number of phenols is 1. The third-order valence-corrected chi connectivity index (χ3v) is 6.60. The monoisotopic (exact) mass is 427 g/mol. The Morgan fingerprint density at radius 1 is 1.00 bits per heavy atom. The van der Waals surface area contributed by atoms with E-state index in [0.717, 1.165) is 43.7 Å². The minimum atomic E-state index is -0.644. The molecule has 7 nitrogen and oxygen atoms in total. The number of phenolic OH excluding ortho intramolecular Hbond substituents is 1. The third-order valence-electron chi connectivity index (χ3n) is 6.60. The van der Waals surface area contributed by atoms with E-state index in [-0.39, 0.29) is 5.75 Å². The smallest absolute Gasteiger partial charge is 0.161 e. The normalized spacial score (nSPS) is 23.5. The maximum Gasteiger partial charge on any atom is 0.161 e. The molecule has 166 valence electrons. The van der Waals surface area contributed by atoms with Crippen molar-refractivity contribution in [1.29, 1.82) is 0 Å². The maximum absolute atomic E-state index is 10.8. The van der Waals surface area contributed by atoms with Gasteiger partial charge in [-0.15, -0.1) is 0 Å². The molecule has 3 N–H and O–H groups in total. The van der Waals surface area contributed by atoms with Gasteiger partial charge >= 0.3 is 0 Å². The van der Waals surface area contributed by atoms with Gasteiger partial charge in [0.25, 0.3) is 0 Å². The molecule has 0 aliphatic carbocycles. The summed E-state index contributed by atoms with van der Waals surface area (Å²) >= 11 is 0. The SMILES string of the molecule is Oc1ccc2c(c1)[C@H](O)CC1(CCN(C[C@@H](O)c3ccc4c(c3)OCCCO4)CC1)O2. The average molecular weight is 427 g/mol. The van der Waals surface area contributed by atoms with Gasteiger partial charge in [0.1, 0.15) is 17.1 Å². The predicted octanol–water partition coefficient (Wildman–Crippen LogP) is 2.94. The summed E-state index contributed by atoms with van der Waals surface area (Å²) in [6, 6.07) is 10.5. The van der Waals surface area contributed by atoms with Gasteiger partial charge in [-0.3, -0.25) is 0 Å². The first-order chi connectivity index (χ1) is 15.0. The zero-order valence-corrected chi connectivity index (χ0v) is 17.5. The van der Waals surface area contributed by atoms with Gasteiger partial charge in [-0.05, 0) is 48.7 Å². The quantitative estimate of drug-likeness (QED) is 0.694. The average Bonchev–Trinajstić information content (AvgIpc) is 3.01. The summed E-state index contributed by atoms with van der Waals surface area (Å²) in [7, 11) is 0. The van der Waals surface area contributed by atoms with Gasteiger partial charge < -0.3 is 34.4 Å². The highest BCUT2D eigenvalue weighted by Crippen LogP contribution is 2.45. The van der Waals surface area contributed by atoms with E-state index in [1.807, 2.05) is 18.2 Å². The molecular weight excluding hydrogens is 398 g/mol. The molecule has 5 rings (SSSR count). The van der Waals surface area contributed by atoms with E-state index in [1.54, 1.807) is 18.2 Å². The first kappa shape index (κ1) is 20.4. The van der Waals surface area contributed by atoms with Crippen molar-refractivity contribution in [2.75, 3.05) is 32.8 Å². The van der Waals surface area contributed by atoms with Gasteiger partial charge in [-0.25, -0.2) is 0 Å². The number of β-amino-alcohol motifs (C(OH)–C–C–N with tert-alkyl or cyclic N) is 1. The molecule has 0 saturated carbocycles. The Hall–Kier alpha value is -2.48. The zero-order chi connectivity index (χ0) is 21.4. The summed E-state index contributed by atoms with van der Waals surface area (Å²) in [4.78, 5) is 2.24. The van der Waals surface area contributed by atoms with Crippen LogP contribution < -0.4 is 14.2 Å². The standard InChI is InChI=1S/C24H29NO6/c26-17-3-5-21-18(13-17)19(27)14-24(31-21)6-8-25(9-7-24)15-20(28)16-2-4-22-23(12-16)30-11-1-10-29-22/h2-5,12-13,19-20,26-28H,1,6-11,14-15H2/t19-,20-/m1/s1. The lowest BCUT2D eigenvalue weighted by molar-refractivity contribution is -0.0588. The van der Waals surface area contributed by atoms with Crippen molar-refractivity contribution < 1.29 is 29.5 Å². The molecule has 2 atom stereocenters. The number of benzene rings is 2. The number of aliphatic hydroxyl groups is 2. The van der Waals surface area contributed by atoms with Crippen LogP contribution in [0.5, 0.6) is 23.0 Å². The minimum absolute atomic E-state index is 0.135. The van der Waals surface area contributed by atoms with Gasteiger partial charge in [0.05, 0.1) is 25.4 Å². The zero-order valence-electron chi connectivity index (χ0n) is 17.5. The summed E-state index contributed by atoms with van der Waals surface area (Å²) in [5.41, 5.74) is 1.07. The number of piperidine rings is 1. The number of likely N-dealkylation sites (tertiary alicyclic amines) is 1. The van der Waals surface area contributed by atoms with Crippen molar-refractivity contribution >= 4 is 0 Å². The number of aromatic hydroxyl groups is 1. The molecule has 1 saturated heterocycles. The van der Waals surface area contributed by atoms with Crippen LogP contribution in [-0.4, -0.2) is 58.7 Å². The van der Waals surface area contributed by atoms with E-state index < -0.39 is 17.8 Å². The summed E-state index contributed by atoms with van der Waals surface area (Å²) < 4.78 is 17.7. The fraction of sp³-hybridized carbons (Fsp3) is 0.500. The molecule has 7 heteroatoms. The number of aliphatic hydroxyl groups excluding tert-OH is 2. The van der Waals surface area contributed by atoms with Crippen LogP contribution in [0.2, 0.25) is 0 Å². The van der Waals surface area contributed by atoms with Crippen LogP contribution in [0.15, 0.2) is 36.4 Å². The van der Waals surface area contributed by atoms with Crippen LogP contribution >= 0.6 is 0 Å². The molecule has 0 aromatic heterocycles. The number of hydrogen-bond acceptors (Lipinski definition) is 7. The second kappa shape index (κ2) is 8.22. The molecule has 0 radical (unpaired) electrons. The Morgan fingerprint density at radius 2 is 1.74 bits per heavy atom. The van der Waals surface area contributed by atoms with E-state index in [0.29, 0.717) is 43.2 Å². The van der Waals surface area contributed by atoms with E-state index in [1.165, 1.54) is 0 Å². The maximum atomic E-state index is 10.8. The molecule has 0 amide bonds.